The van der Waals surface area contributed by atoms with E-state index in [9.17, 15) is 14.4 Å². The van der Waals surface area contributed by atoms with Gasteiger partial charge in [-0.15, -0.1) is 0 Å². The van der Waals surface area contributed by atoms with Gasteiger partial charge in [0.15, 0.2) is 0 Å². The Kier molecular flexibility index (Phi) is 7.32. The van der Waals surface area contributed by atoms with Crippen LogP contribution >= 0.6 is 0 Å². The second-order valence-electron chi connectivity index (χ2n) is 6.84. The van der Waals surface area contributed by atoms with Crippen molar-refractivity contribution in [3.05, 3.63) is 0 Å². The van der Waals surface area contributed by atoms with Gasteiger partial charge in [-0.2, -0.15) is 0 Å². The van der Waals surface area contributed by atoms with Gasteiger partial charge in [0, 0.05) is 0 Å². The van der Waals surface area contributed by atoms with Crippen LogP contribution in [0.1, 0.15) is 72.1 Å². The van der Waals surface area contributed by atoms with Gasteiger partial charge in [-0.05, 0) is 0 Å². The summed E-state index contributed by atoms with van der Waals surface area (Å²) in [5.74, 6) is -0.963. The maximum atomic E-state index is 11.8. The Bertz CT molecular complexity index is 508. The molecule has 7 heteroatoms. The van der Waals surface area contributed by atoms with Crippen LogP contribution in [-0.4, -0.2) is 49.6 Å². The zero-order chi connectivity index (χ0) is 18.4. The Morgan fingerprint density at radius 1 is 0.840 bits per heavy atom. The van der Waals surface area contributed by atoms with E-state index in [1.807, 2.05) is 0 Å². The molecule has 2 aliphatic carbocycles. The van der Waals surface area contributed by atoms with Crippen molar-refractivity contribution < 1.29 is 28.6 Å². The van der Waals surface area contributed by atoms with Crippen molar-refractivity contribution in [2.45, 2.75) is 93.7 Å². The van der Waals surface area contributed by atoms with Gasteiger partial charge in [-0.1, -0.05) is 0 Å². The maximum absolute atomic E-state index is 11.8. The molecule has 0 aliphatic heterocycles. The fourth-order valence-electron chi connectivity index (χ4n) is 3.75. The minimum absolute atomic E-state index is 0.126. The molecule has 0 aromatic rings. The summed E-state index contributed by atoms with van der Waals surface area (Å²) in [5.41, 5.74) is 0. The fourth-order valence-corrected chi connectivity index (χ4v) is 7.71. The molecule has 2 rings (SSSR count). The summed E-state index contributed by atoms with van der Waals surface area (Å²) in [7, 11) is 0. The first-order chi connectivity index (χ1) is 11.8. The van der Waals surface area contributed by atoms with E-state index in [0.29, 0.717) is 12.8 Å². The molecular formula is C18H28O6Se. The van der Waals surface area contributed by atoms with Gasteiger partial charge in [0.2, 0.25) is 0 Å². The van der Waals surface area contributed by atoms with E-state index < -0.39 is 10.6 Å². The van der Waals surface area contributed by atoms with E-state index in [-0.39, 0.29) is 43.8 Å². The van der Waals surface area contributed by atoms with E-state index in [1.54, 1.807) is 0 Å². The molecule has 4 atom stereocenters. The summed E-state index contributed by atoms with van der Waals surface area (Å²) < 4.78 is 16.2. The summed E-state index contributed by atoms with van der Waals surface area (Å²) >= 11 is -0.139. The molecule has 142 valence electrons. The molecule has 6 nitrogen and oxygen atoms in total. The van der Waals surface area contributed by atoms with E-state index >= 15 is 0 Å². The molecule has 0 heterocycles. The van der Waals surface area contributed by atoms with E-state index in [2.05, 4.69) is 0 Å². The average Bonchev–Trinajstić information content (AvgIpc) is 2.50. The predicted octanol–water partition coefficient (Wildman–Crippen LogP) is 2.75. The third kappa shape index (κ3) is 5.71. The van der Waals surface area contributed by atoms with Crippen LogP contribution in [0.4, 0.5) is 0 Å². The summed E-state index contributed by atoms with van der Waals surface area (Å²) in [5, 5.41) is 0. The molecule has 2 aliphatic rings. The summed E-state index contributed by atoms with van der Waals surface area (Å²) in [6.45, 7) is 4.23. The van der Waals surface area contributed by atoms with E-state index in [4.69, 9.17) is 14.2 Å². The van der Waals surface area contributed by atoms with Crippen molar-refractivity contribution in [2.75, 3.05) is 0 Å². The van der Waals surface area contributed by atoms with Crippen molar-refractivity contribution >= 4 is 32.9 Å². The zero-order valence-electron chi connectivity index (χ0n) is 15.2. The molecule has 2 saturated carbocycles. The van der Waals surface area contributed by atoms with E-state index in [0.717, 1.165) is 38.5 Å². The Morgan fingerprint density at radius 2 is 1.48 bits per heavy atom. The van der Waals surface area contributed by atoms with Crippen molar-refractivity contribution in [3.63, 3.8) is 0 Å². The molecule has 0 radical (unpaired) electrons. The average molecular weight is 419 g/mol. The first-order valence-electron chi connectivity index (χ1n) is 9.04. The molecule has 0 N–H and O–H groups in total. The number of hydrogen-bond acceptors (Lipinski definition) is 6. The number of hydrogen-bond donors (Lipinski definition) is 0. The van der Waals surface area contributed by atoms with Crippen LogP contribution in [0.25, 0.3) is 0 Å². The van der Waals surface area contributed by atoms with Crippen molar-refractivity contribution in [3.8, 4) is 0 Å². The van der Waals surface area contributed by atoms with Crippen LogP contribution in [0.3, 0.4) is 0 Å². The number of ether oxygens (including phenoxy) is 3. The first-order valence-corrected chi connectivity index (χ1v) is 10.9. The fraction of sp³-hybridized carbons (Fsp3) is 0.833. The minimum atomic E-state index is -0.747. The van der Waals surface area contributed by atoms with Crippen molar-refractivity contribution in [1.82, 2.24) is 0 Å². The first kappa shape index (κ1) is 20.2. The molecule has 0 amide bonds. The van der Waals surface area contributed by atoms with Crippen LogP contribution in [0.5, 0.6) is 0 Å². The Balaban J connectivity index is 2.23. The van der Waals surface area contributed by atoms with Crippen LogP contribution in [0, 0.1) is 0 Å². The summed E-state index contributed by atoms with van der Waals surface area (Å²) in [6, 6.07) is 0. The number of carbonyl (C=O) groups excluding carboxylic acids is 3. The van der Waals surface area contributed by atoms with Gasteiger partial charge in [0.1, 0.15) is 0 Å². The molecule has 25 heavy (non-hydrogen) atoms. The third-order valence-electron chi connectivity index (χ3n) is 4.67. The number of esters is 3. The molecular weight excluding hydrogens is 391 g/mol. The van der Waals surface area contributed by atoms with Gasteiger partial charge >= 0.3 is 155 Å². The number of rotatable bonds is 5. The van der Waals surface area contributed by atoms with Crippen LogP contribution in [-0.2, 0) is 28.6 Å². The number of carbonyl (C=O) groups is 3. The SMILES string of the molecule is CC(=O)OC1CCCCC1[Se]C1(OC(C)=O)CCCCC1OC(C)=O. The Labute approximate surface area is 155 Å². The van der Waals surface area contributed by atoms with Crippen LogP contribution in [0.2, 0.25) is 4.82 Å². The zero-order valence-corrected chi connectivity index (χ0v) is 17.0. The van der Waals surface area contributed by atoms with Gasteiger partial charge in [0.05, 0.1) is 0 Å². The topological polar surface area (TPSA) is 78.9 Å². The van der Waals surface area contributed by atoms with Gasteiger partial charge < -0.3 is 0 Å². The summed E-state index contributed by atoms with van der Waals surface area (Å²) in [4.78, 5) is 35.0. The van der Waals surface area contributed by atoms with Gasteiger partial charge in [0.25, 0.3) is 0 Å². The van der Waals surface area contributed by atoms with Crippen molar-refractivity contribution in [2.24, 2.45) is 0 Å². The molecule has 0 saturated heterocycles. The molecule has 0 aromatic carbocycles. The van der Waals surface area contributed by atoms with Crippen LogP contribution < -0.4 is 0 Å². The second-order valence-corrected chi connectivity index (χ2v) is 10.1. The molecule has 0 spiro atoms. The van der Waals surface area contributed by atoms with Crippen molar-refractivity contribution in [1.29, 1.82) is 0 Å². The van der Waals surface area contributed by atoms with Gasteiger partial charge in [-0.25, -0.2) is 0 Å². The quantitative estimate of drug-likeness (QED) is 0.387. The molecule has 4 unspecified atom stereocenters. The van der Waals surface area contributed by atoms with Crippen LogP contribution in [0.15, 0.2) is 0 Å². The second kappa shape index (κ2) is 9.04. The van der Waals surface area contributed by atoms with Gasteiger partial charge in [-0.3, -0.25) is 0 Å². The Morgan fingerprint density at radius 3 is 2.12 bits per heavy atom. The Hall–Kier alpha value is -1.07. The third-order valence-corrected chi connectivity index (χ3v) is 8.43. The normalized spacial score (nSPS) is 32.5. The predicted molar refractivity (Wildman–Crippen MR) is 92.0 cm³/mol. The monoisotopic (exact) mass is 420 g/mol. The summed E-state index contributed by atoms with van der Waals surface area (Å²) in [6.07, 6.45) is 6.70. The van der Waals surface area contributed by atoms with E-state index in [1.165, 1.54) is 20.8 Å². The molecule has 2 fully saturated rings. The standard InChI is InChI=1S/C18H28O6Se/c1-12(19)22-15-8-4-5-9-16(15)25-18(24-14(3)21)11-7-6-10-17(18)23-13(2)20/h15-17H,4-11H2,1-3H3. The molecule has 0 aromatic heterocycles. The molecule has 0 bridgehead atoms.